The Labute approximate surface area is 89.6 Å². The number of aryl methyl sites for hydroxylation is 2. The molecular formula is C11H16N4. The number of anilines is 1. The highest BCUT2D eigenvalue weighted by Crippen LogP contribution is 2.26. The molecule has 1 saturated heterocycles. The zero-order valence-corrected chi connectivity index (χ0v) is 9.09. The Morgan fingerprint density at radius 2 is 1.67 bits per heavy atom. The standard InChI is InChI=1S/C11H16N4/c1-7-5-9(12)6-8(2)10(7)15-11-13-3-4-14-11/h5-6H,3-4,12H2,1-2H3,(H2,13,14,15). The Morgan fingerprint density at radius 1 is 1.13 bits per heavy atom. The molecule has 0 bridgehead atoms. The van der Waals surface area contributed by atoms with Crippen molar-refractivity contribution in [1.82, 2.24) is 10.6 Å². The molecule has 1 aliphatic heterocycles. The predicted molar refractivity (Wildman–Crippen MR) is 63.4 cm³/mol. The first-order valence-corrected chi connectivity index (χ1v) is 5.10. The van der Waals surface area contributed by atoms with Crippen LogP contribution in [0.1, 0.15) is 11.1 Å². The number of hydrogen-bond acceptors (Lipinski definition) is 2. The van der Waals surface area contributed by atoms with Crippen molar-refractivity contribution >= 4 is 17.3 Å². The van der Waals surface area contributed by atoms with Crippen molar-refractivity contribution in [1.29, 1.82) is 0 Å². The van der Waals surface area contributed by atoms with Crippen LogP contribution in [-0.4, -0.2) is 19.0 Å². The molecule has 2 rings (SSSR count). The number of nitrogens with zero attached hydrogens (tertiary/aromatic N) is 1. The molecule has 0 atom stereocenters. The minimum atomic E-state index is 0.793. The van der Waals surface area contributed by atoms with E-state index >= 15 is 0 Å². The summed E-state index contributed by atoms with van der Waals surface area (Å²) in [6.45, 7) is 5.92. The van der Waals surface area contributed by atoms with E-state index in [2.05, 4.69) is 15.6 Å². The van der Waals surface area contributed by atoms with Crippen LogP contribution in [0.2, 0.25) is 0 Å². The third kappa shape index (κ3) is 2.03. The first kappa shape index (κ1) is 9.83. The number of nitrogens with one attached hydrogen (secondary N) is 2. The van der Waals surface area contributed by atoms with E-state index in [0.29, 0.717) is 0 Å². The molecule has 0 aliphatic carbocycles. The van der Waals surface area contributed by atoms with E-state index in [1.165, 1.54) is 0 Å². The van der Waals surface area contributed by atoms with Gasteiger partial charge in [-0.2, -0.15) is 0 Å². The average Bonchev–Trinajstić information content (AvgIpc) is 2.63. The first-order valence-electron chi connectivity index (χ1n) is 5.10. The summed E-state index contributed by atoms with van der Waals surface area (Å²) in [6.07, 6.45) is 0. The van der Waals surface area contributed by atoms with Gasteiger partial charge in [0.25, 0.3) is 0 Å². The van der Waals surface area contributed by atoms with Gasteiger partial charge in [-0.1, -0.05) is 0 Å². The summed E-state index contributed by atoms with van der Waals surface area (Å²) in [5, 5.41) is 6.36. The summed E-state index contributed by atoms with van der Waals surface area (Å²) in [5.41, 5.74) is 9.76. The Hall–Kier alpha value is -1.71. The minimum absolute atomic E-state index is 0.793. The van der Waals surface area contributed by atoms with Gasteiger partial charge >= 0.3 is 0 Å². The summed E-state index contributed by atoms with van der Waals surface area (Å²) in [7, 11) is 0. The van der Waals surface area contributed by atoms with Crippen molar-refractivity contribution in [2.45, 2.75) is 13.8 Å². The molecule has 1 fully saturated rings. The fraction of sp³-hybridized carbons (Fsp3) is 0.364. The lowest BCUT2D eigenvalue weighted by Crippen LogP contribution is -2.23. The van der Waals surface area contributed by atoms with Crippen LogP contribution < -0.4 is 16.4 Å². The Kier molecular flexibility index (Phi) is 2.49. The fourth-order valence-electron chi connectivity index (χ4n) is 1.78. The van der Waals surface area contributed by atoms with E-state index in [-0.39, 0.29) is 0 Å². The lowest BCUT2D eigenvalue weighted by atomic mass is 10.1. The lowest BCUT2D eigenvalue weighted by molar-refractivity contribution is 0.942. The number of hydrogen-bond donors (Lipinski definition) is 3. The van der Waals surface area contributed by atoms with Gasteiger partial charge in [0.05, 0.1) is 5.69 Å². The topological polar surface area (TPSA) is 62.4 Å². The highest BCUT2D eigenvalue weighted by Gasteiger charge is 2.08. The van der Waals surface area contributed by atoms with Crippen LogP contribution in [0.15, 0.2) is 17.1 Å². The quantitative estimate of drug-likeness (QED) is 0.599. The molecule has 1 heterocycles. The summed E-state index contributed by atoms with van der Waals surface area (Å²) in [5.74, 6) is 0.853. The lowest BCUT2D eigenvalue weighted by Gasteiger charge is -2.07. The van der Waals surface area contributed by atoms with Crippen LogP contribution in [-0.2, 0) is 0 Å². The number of aliphatic imine (C=N–C) groups is 1. The molecule has 0 amide bonds. The summed E-state index contributed by atoms with van der Waals surface area (Å²) >= 11 is 0. The molecule has 0 spiro atoms. The minimum Gasteiger partial charge on any atom is -0.399 e. The first-order chi connectivity index (χ1) is 7.16. The van der Waals surface area contributed by atoms with Crippen LogP contribution >= 0.6 is 0 Å². The molecule has 1 aliphatic rings. The predicted octanol–water partition coefficient (Wildman–Crippen LogP) is 1.07. The van der Waals surface area contributed by atoms with Gasteiger partial charge in [0.15, 0.2) is 5.96 Å². The molecule has 1 aromatic rings. The third-order valence-electron chi connectivity index (χ3n) is 2.45. The molecule has 4 nitrogen and oxygen atoms in total. The summed E-state index contributed by atoms with van der Waals surface area (Å²) < 4.78 is 0. The van der Waals surface area contributed by atoms with Crippen molar-refractivity contribution in [2.24, 2.45) is 4.99 Å². The van der Waals surface area contributed by atoms with Crippen LogP contribution in [0.4, 0.5) is 11.4 Å². The molecule has 4 heteroatoms. The van der Waals surface area contributed by atoms with Crippen LogP contribution in [0.25, 0.3) is 0 Å². The van der Waals surface area contributed by atoms with E-state index < -0.39 is 0 Å². The van der Waals surface area contributed by atoms with Gasteiger partial charge in [0.1, 0.15) is 0 Å². The molecule has 0 unspecified atom stereocenters. The van der Waals surface area contributed by atoms with Gasteiger partial charge in [-0.05, 0) is 37.1 Å². The van der Waals surface area contributed by atoms with Crippen molar-refractivity contribution in [3.8, 4) is 0 Å². The van der Waals surface area contributed by atoms with Crippen molar-refractivity contribution in [3.63, 3.8) is 0 Å². The number of guanidine groups is 1. The molecule has 15 heavy (non-hydrogen) atoms. The molecular weight excluding hydrogens is 188 g/mol. The Morgan fingerprint density at radius 3 is 2.20 bits per heavy atom. The van der Waals surface area contributed by atoms with Crippen molar-refractivity contribution in [2.75, 3.05) is 18.8 Å². The average molecular weight is 204 g/mol. The zero-order valence-electron chi connectivity index (χ0n) is 9.09. The van der Waals surface area contributed by atoms with Crippen LogP contribution in [0.3, 0.4) is 0 Å². The van der Waals surface area contributed by atoms with E-state index in [4.69, 9.17) is 5.73 Å². The highest BCUT2D eigenvalue weighted by atomic mass is 15.2. The van der Waals surface area contributed by atoms with E-state index in [1.807, 2.05) is 26.0 Å². The Bertz CT molecular complexity index is 378. The largest absolute Gasteiger partial charge is 0.399 e. The summed E-state index contributed by atoms with van der Waals surface area (Å²) in [6, 6.07) is 3.89. The monoisotopic (exact) mass is 204 g/mol. The third-order valence-corrected chi connectivity index (χ3v) is 2.45. The number of rotatable bonds is 1. The van der Waals surface area contributed by atoms with Gasteiger partial charge in [-0.25, -0.2) is 4.99 Å². The van der Waals surface area contributed by atoms with E-state index in [0.717, 1.165) is 41.6 Å². The number of nitrogen functional groups attached to an aromatic ring is 1. The molecule has 0 aromatic heterocycles. The Balaban J connectivity index is 2.39. The molecule has 80 valence electrons. The maximum absolute atomic E-state index is 5.76. The van der Waals surface area contributed by atoms with Crippen LogP contribution in [0.5, 0.6) is 0 Å². The van der Waals surface area contributed by atoms with E-state index in [1.54, 1.807) is 0 Å². The molecule has 0 radical (unpaired) electrons. The van der Waals surface area contributed by atoms with Crippen molar-refractivity contribution in [3.05, 3.63) is 23.3 Å². The van der Waals surface area contributed by atoms with Gasteiger partial charge in [-0.15, -0.1) is 0 Å². The normalized spacial score (nSPS) is 14.7. The van der Waals surface area contributed by atoms with Gasteiger partial charge < -0.3 is 16.4 Å². The van der Waals surface area contributed by atoms with Crippen molar-refractivity contribution < 1.29 is 0 Å². The number of benzene rings is 1. The fourth-order valence-corrected chi connectivity index (χ4v) is 1.78. The van der Waals surface area contributed by atoms with E-state index in [9.17, 15) is 0 Å². The number of nitrogens with two attached hydrogens (primary N) is 1. The molecule has 0 saturated carbocycles. The molecule has 4 N–H and O–H groups in total. The smallest absolute Gasteiger partial charge is 0.196 e. The van der Waals surface area contributed by atoms with Crippen LogP contribution in [0, 0.1) is 13.8 Å². The van der Waals surface area contributed by atoms with Gasteiger partial charge in [0.2, 0.25) is 0 Å². The highest BCUT2D eigenvalue weighted by molar-refractivity contribution is 5.85. The maximum atomic E-state index is 5.76. The maximum Gasteiger partial charge on any atom is 0.196 e. The van der Waals surface area contributed by atoms with Gasteiger partial charge in [0, 0.05) is 18.8 Å². The second-order valence-electron chi connectivity index (χ2n) is 3.82. The SMILES string of the molecule is Cc1cc(N)cc(C)c1N=C1NCCN1. The van der Waals surface area contributed by atoms with Gasteiger partial charge in [-0.3, -0.25) is 0 Å². The second kappa shape index (κ2) is 3.81. The molecule has 1 aromatic carbocycles. The zero-order chi connectivity index (χ0) is 10.8. The summed E-state index contributed by atoms with van der Waals surface area (Å²) in [4.78, 5) is 4.54. The second-order valence-corrected chi connectivity index (χ2v) is 3.82.